The third-order valence-electron chi connectivity index (χ3n) is 8.53. The summed E-state index contributed by atoms with van der Waals surface area (Å²) in [6.45, 7) is 1.66. The maximum atomic E-state index is 15.2. The number of rotatable bonds is 19. The first-order valence-electron chi connectivity index (χ1n) is 16.0. The van der Waals surface area contributed by atoms with Gasteiger partial charge in [-0.1, -0.05) is 90.4 Å². The molecule has 0 spiro atoms. The number of halogens is 4. The molecule has 4 rings (SSSR count). The molecule has 8 heteroatoms. The van der Waals surface area contributed by atoms with E-state index in [2.05, 4.69) is 21.9 Å². The van der Waals surface area contributed by atoms with Gasteiger partial charge in [0.15, 0.2) is 5.82 Å². The molecule has 2 aliphatic rings. The molecule has 2 unspecified atom stereocenters. The van der Waals surface area contributed by atoms with Gasteiger partial charge >= 0.3 is 5.92 Å². The Morgan fingerprint density at radius 2 is 1.61 bits per heavy atom. The average molecular weight is 578 g/mol. The molecule has 1 fully saturated rings. The molecular weight excluding hydrogens is 530 g/mol. The highest BCUT2D eigenvalue weighted by molar-refractivity contribution is 5.53. The zero-order valence-corrected chi connectivity index (χ0v) is 24.7. The highest BCUT2D eigenvalue weighted by atomic mass is 19.3. The van der Waals surface area contributed by atoms with Gasteiger partial charge in [0.1, 0.15) is 18.0 Å². The van der Waals surface area contributed by atoms with Gasteiger partial charge in [0.05, 0.1) is 12.2 Å². The summed E-state index contributed by atoms with van der Waals surface area (Å²) < 4.78 is 65.0. The molecule has 0 radical (unpaired) electrons. The Hall–Kier alpha value is -2.09. The van der Waals surface area contributed by atoms with E-state index in [9.17, 15) is 4.39 Å². The Balaban J connectivity index is 1.24. The highest BCUT2D eigenvalue weighted by Crippen LogP contribution is 2.43. The van der Waals surface area contributed by atoms with Crippen LogP contribution in [0.2, 0.25) is 0 Å². The molecule has 0 saturated heterocycles. The van der Waals surface area contributed by atoms with Crippen LogP contribution in [-0.4, -0.2) is 33.8 Å². The molecule has 2 heterocycles. The molecule has 0 bridgehead atoms. The summed E-state index contributed by atoms with van der Waals surface area (Å²) in [6, 6.07) is 1.45. The second kappa shape index (κ2) is 15.9. The lowest BCUT2D eigenvalue weighted by atomic mass is 9.87. The SMILES string of the molecule is CCCCCCC(F)COC1CCc2cc(-c3ncc(CCCCCCCCCC4CC4)cn3)nc(F)c2C1(F)F. The van der Waals surface area contributed by atoms with E-state index in [1.807, 2.05) is 0 Å². The van der Waals surface area contributed by atoms with E-state index in [-0.39, 0.29) is 36.3 Å². The normalized spacial score (nSPS) is 18.8. The van der Waals surface area contributed by atoms with Crippen molar-refractivity contribution in [2.24, 2.45) is 5.92 Å². The minimum absolute atomic E-state index is 0.0221. The van der Waals surface area contributed by atoms with Gasteiger partial charge in [0.25, 0.3) is 0 Å². The maximum absolute atomic E-state index is 15.2. The molecular formula is C33H47F4N3O. The van der Waals surface area contributed by atoms with Gasteiger partial charge in [-0.15, -0.1) is 0 Å². The second-order valence-corrected chi connectivity index (χ2v) is 12.1. The topological polar surface area (TPSA) is 47.9 Å². The smallest absolute Gasteiger partial charge is 0.303 e. The lowest BCUT2D eigenvalue weighted by Gasteiger charge is -2.33. The van der Waals surface area contributed by atoms with Crippen LogP contribution in [0.1, 0.15) is 126 Å². The summed E-state index contributed by atoms with van der Waals surface area (Å²) in [5.41, 5.74) is 0.560. The van der Waals surface area contributed by atoms with Crippen LogP contribution in [0.5, 0.6) is 0 Å². The van der Waals surface area contributed by atoms with Crippen molar-refractivity contribution in [2.75, 3.05) is 6.61 Å². The van der Waals surface area contributed by atoms with E-state index in [4.69, 9.17) is 4.74 Å². The number of fused-ring (bicyclic) bond motifs is 1. The fourth-order valence-electron chi connectivity index (χ4n) is 5.81. The van der Waals surface area contributed by atoms with Crippen LogP contribution in [0.25, 0.3) is 11.5 Å². The van der Waals surface area contributed by atoms with E-state index in [1.54, 1.807) is 12.4 Å². The number of nitrogens with zero attached hydrogens (tertiary/aromatic N) is 3. The van der Waals surface area contributed by atoms with E-state index in [1.165, 1.54) is 63.9 Å². The van der Waals surface area contributed by atoms with Crippen LogP contribution in [0.3, 0.4) is 0 Å². The number of hydrogen-bond acceptors (Lipinski definition) is 4. The average Bonchev–Trinajstić information content (AvgIpc) is 3.78. The van der Waals surface area contributed by atoms with Crippen LogP contribution in [0.4, 0.5) is 17.6 Å². The molecule has 0 aliphatic heterocycles. The molecule has 0 amide bonds. The van der Waals surface area contributed by atoms with Gasteiger partial charge in [-0.25, -0.2) is 19.3 Å². The lowest BCUT2D eigenvalue weighted by Crippen LogP contribution is -2.40. The van der Waals surface area contributed by atoms with Gasteiger partial charge in [0.2, 0.25) is 5.95 Å². The van der Waals surface area contributed by atoms with E-state index < -0.39 is 36.3 Å². The quantitative estimate of drug-likeness (QED) is 0.0948. The van der Waals surface area contributed by atoms with Crippen molar-refractivity contribution in [3.8, 4) is 11.5 Å². The Morgan fingerprint density at radius 1 is 0.927 bits per heavy atom. The second-order valence-electron chi connectivity index (χ2n) is 12.1. The molecule has 0 aromatic carbocycles. The molecule has 1 saturated carbocycles. The number of unbranched alkanes of at least 4 members (excludes halogenated alkanes) is 9. The monoisotopic (exact) mass is 577 g/mol. The van der Waals surface area contributed by atoms with Crippen LogP contribution in [0, 0.1) is 11.9 Å². The van der Waals surface area contributed by atoms with Crippen molar-refractivity contribution in [2.45, 2.75) is 141 Å². The minimum Gasteiger partial charge on any atom is -0.369 e. The summed E-state index contributed by atoms with van der Waals surface area (Å²) >= 11 is 0. The van der Waals surface area contributed by atoms with Crippen LogP contribution in [-0.2, 0) is 23.5 Å². The minimum atomic E-state index is -3.59. The molecule has 2 atom stereocenters. The molecule has 4 nitrogen and oxygen atoms in total. The number of hydrogen-bond donors (Lipinski definition) is 0. The summed E-state index contributed by atoms with van der Waals surface area (Å²) in [4.78, 5) is 12.5. The van der Waals surface area contributed by atoms with Crippen molar-refractivity contribution in [3.05, 3.63) is 41.1 Å². The van der Waals surface area contributed by atoms with Gasteiger partial charge in [-0.05, 0) is 55.2 Å². The summed E-state index contributed by atoms with van der Waals surface area (Å²) in [5, 5.41) is 0. The van der Waals surface area contributed by atoms with E-state index in [0.717, 1.165) is 43.6 Å². The van der Waals surface area contributed by atoms with Crippen LogP contribution < -0.4 is 0 Å². The Bertz CT molecular complexity index is 1060. The van der Waals surface area contributed by atoms with E-state index in [0.29, 0.717) is 6.42 Å². The molecule has 0 N–H and O–H groups in total. The predicted octanol–water partition coefficient (Wildman–Crippen LogP) is 9.48. The molecule has 41 heavy (non-hydrogen) atoms. The van der Waals surface area contributed by atoms with Crippen molar-refractivity contribution < 1.29 is 22.3 Å². The molecule has 2 aromatic heterocycles. The fraction of sp³-hybridized carbons (Fsp3) is 0.727. The number of ether oxygens (including phenoxy) is 1. The number of alkyl halides is 3. The predicted molar refractivity (Wildman–Crippen MR) is 154 cm³/mol. The van der Waals surface area contributed by atoms with Crippen LogP contribution >= 0.6 is 0 Å². The van der Waals surface area contributed by atoms with E-state index >= 15 is 13.2 Å². The first-order chi connectivity index (χ1) is 19.9. The third-order valence-corrected chi connectivity index (χ3v) is 8.53. The van der Waals surface area contributed by atoms with Crippen LogP contribution in [0.15, 0.2) is 18.5 Å². The summed E-state index contributed by atoms with van der Waals surface area (Å²) in [6.07, 6.45) is 18.7. The summed E-state index contributed by atoms with van der Waals surface area (Å²) in [5.74, 6) is -3.58. The van der Waals surface area contributed by atoms with Gasteiger partial charge in [-0.2, -0.15) is 13.2 Å². The van der Waals surface area contributed by atoms with Crippen molar-refractivity contribution >= 4 is 0 Å². The Morgan fingerprint density at radius 3 is 2.32 bits per heavy atom. The van der Waals surface area contributed by atoms with Gasteiger partial charge < -0.3 is 4.74 Å². The number of aromatic nitrogens is 3. The van der Waals surface area contributed by atoms with Crippen molar-refractivity contribution in [1.29, 1.82) is 0 Å². The molecule has 2 aliphatic carbocycles. The Kier molecular flexibility index (Phi) is 12.4. The van der Waals surface area contributed by atoms with Gasteiger partial charge in [-0.3, -0.25) is 0 Å². The zero-order chi connectivity index (χ0) is 29.1. The standard InChI is InChI=1S/C33H47F4N3O/c1-2-3-4-12-15-27(34)23-41-29-19-18-26-20-28(40-31(35)30(26)33(29,36)37)32-38-21-25(22-39-32)14-11-9-7-5-6-8-10-13-24-16-17-24/h20-22,24,27,29H,2-19,23H2,1H3. The molecule has 228 valence electrons. The molecule has 2 aromatic rings. The first-order valence-corrected chi connectivity index (χ1v) is 16.0. The summed E-state index contributed by atoms with van der Waals surface area (Å²) in [7, 11) is 0. The Labute approximate surface area is 243 Å². The fourth-order valence-corrected chi connectivity index (χ4v) is 5.81. The highest BCUT2D eigenvalue weighted by Gasteiger charge is 2.49. The van der Waals surface area contributed by atoms with Crippen molar-refractivity contribution in [1.82, 2.24) is 15.0 Å². The number of pyridine rings is 1. The lowest BCUT2D eigenvalue weighted by molar-refractivity contribution is -0.160. The maximum Gasteiger partial charge on any atom is 0.303 e. The van der Waals surface area contributed by atoms with Crippen molar-refractivity contribution in [3.63, 3.8) is 0 Å². The third kappa shape index (κ3) is 9.72. The number of aryl methyl sites for hydroxylation is 2. The zero-order valence-electron chi connectivity index (χ0n) is 24.7. The largest absolute Gasteiger partial charge is 0.369 e. The first kappa shape index (κ1) is 31.8. The van der Waals surface area contributed by atoms with Gasteiger partial charge in [0, 0.05) is 12.4 Å².